The van der Waals surface area contributed by atoms with Crippen molar-refractivity contribution in [3.8, 4) is 11.1 Å². The highest BCUT2D eigenvalue weighted by Crippen LogP contribution is 2.29. The Hall–Kier alpha value is -2.24. The molecule has 0 amide bonds. The highest BCUT2D eigenvalue weighted by molar-refractivity contribution is 5.84. The van der Waals surface area contributed by atoms with Crippen LogP contribution in [0.1, 0.15) is 17.0 Å². The van der Waals surface area contributed by atoms with Crippen molar-refractivity contribution < 1.29 is 13.2 Å². The molecule has 0 bridgehead atoms. The van der Waals surface area contributed by atoms with Crippen molar-refractivity contribution >= 4 is 6.21 Å². The van der Waals surface area contributed by atoms with Crippen molar-refractivity contribution in [1.29, 1.82) is 0 Å². The number of aliphatic imine (C=N–C) groups is 1. The van der Waals surface area contributed by atoms with Crippen LogP contribution in [0.2, 0.25) is 0 Å². The third kappa shape index (κ3) is 2.41. The first-order chi connectivity index (χ1) is 9.54. The number of fused-ring (bicyclic) bond motifs is 1. The maximum Gasteiger partial charge on any atom is 0.433 e. The number of hydrogen-bond acceptors (Lipinski definition) is 3. The van der Waals surface area contributed by atoms with Gasteiger partial charge < -0.3 is 0 Å². The maximum atomic E-state index is 12.5. The van der Waals surface area contributed by atoms with Crippen molar-refractivity contribution in [2.24, 2.45) is 4.99 Å². The van der Waals surface area contributed by atoms with Crippen LogP contribution in [0.4, 0.5) is 13.2 Å². The maximum absolute atomic E-state index is 12.5. The largest absolute Gasteiger partial charge is 0.433 e. The predicted molar refractivity (Wildman–Crippen MR) is 68.6 cm³/mol. The fraction of sp³-hybridized carbons (Fsp3) is 0.214. The molecule has 102 valence electrons. The van der Waals surface area contributed by atoms with E-state index < -0.39 is 11.9 Å². The standard InChI is InChI=1S/C14H10F3N3/c15-14(16,17)13-2-1-9(7-20-13)10-5-11-6-18-4-3-12(11)19-8-10/h1-2,5-8H,3-4H2. The van der Waals surface area contributed by atoms with E-state index in [4.69, 9.17) is 0 Å². The van der Waals surface area contributed by atoms with E-state index in [2.05, 4.69) is 15.0 Å². The van der Waals surface area contributed by atoms with Crippen LogP contribution in [0.3, 0.4) is 0 Å². The second-order valence-corrected chi connectivity index (χ2v) is 4.48. The first kappa shape index (κ1) is 12.8. The summed E-state index contributed by atoms with van der Waals surface area (Å²) in [6.07, 6.45) is 0.984. The predicted octanol–water partition coefficient (Wildman–Crippen LogP) is 3.14. The van der Waals surface area contributed by atoms with E-state index in [1.54, 1.807) is 12.4 Å². The van der Waals surface area contributed by atoms with Crippen molar-refractivity contribution in [2.45, 2.75) is 12.6 Å². The molecule has 0 radical (unpaired) electrons. The zero-order chi connectivity index (χ0) is 14.2. The van der Waals surface area contributed by atoms with Crippen molar-refractivity contribution in [2.75, 3.05) is 6.54 Å². The molecule has 0 unspecified atom stereocenters. The molecular weight excluding hydrogens is 267 g/mol. The van der Waals surface area contributed by atoms with E-state index in [0.29, 0.717) is 5.56 Å². The van der Waals surface area contributed by atoms with Crippen molar-refractivity contribution in [1.82, 2.24) is 9.97 Å². The van der Waals surface area contributed by atoms with Gasteiger partial charge in [-0.2, -0.15) is 13.2 Å². The summed E-state index contributed by atoms with van der Waals surface area (Å²) in [7, 11) is 0. The van der Waals surface area contributed by atoms with Gasteiger partial charge in [-0.05, 0) is 12.1 Å². The molecule has 0 aliphatic carbocycles. The minimum absolute atomic E-state index is 0.604. The minimum atomic E-state index is -4.42. The summed E-state index contributed by atoms with van der Waals surface area (Å²) in [6.45, 7) is 0.723. The third-order valence-electron chi connectivity index (χ3n) is 3.10. The molecule has 1 aliphatic heterocycles. The quantitative estimate of drug-likeness (QED) is 0.803. The lowest BCUT2D eigenvalue weighted by Gasteiger charge is -2.11. The Balaban J connectivity index is 1.96. The van der Waals surface area contributed by atoms with Gasteiger partial charge in [-0.1, -0.05) is 6.07 Å². The number of aromatic nitrogens is 2. The van der Waals surface area contributed by atoms with Gasteiger partial charge in [-0.3, -0.25) is 15.0 Å². The average molecular weight is 277 g/mol. The number of rotatable bonds is 1. The Labute approximate surface area is 113 Å². The second kappa shape index (κ2) is 4.70. The van der Waals surface area contributed by atoms with Gasteiger partial charge in [-0.25, -0.2) is 0 Å². The van der Waals surface area contributed by atoms with Gasteiger partial charge in [0.15, 0.2) is 0 Å². The molecule has 2 aromatic rings. The first-order valence-electron chi connectivity index (χ1n) is 6.06. The van der Waals surface area contributed by atoms with Gasteiger partial charge in [0.25, 0.3) is 0 Å². The molecular formula is C14H10F3N3. The van der Waals surface area contributed by atoms with Gasteiger partial charge in [0.2, 0.25) is 0 Å². The fourth-order valence-corrected chi connectivity index (χ4v) is 2.05. The summed E-state index contributed by atoms with van der Waals surface area (Å²) in [6, 6.07) is 4.25. The second-order valence-electron chi connectivity index (χ2n) is 4.48. The monoisotopic (exact) mass is 277 g/mol. The van der Waals surface area contributed by atoms with Crippen LogP contribution in [-0.2, 0) is 12.6 Å². The molecule has 1 aliphatic rings. The fourth-order valence-electron chi connectivity index (χ4n) is 2.05. The van der Waals surface area contributed by atoms with Gasteiger partial charge in [-0.15, -0.1) is 0 Å². The summed E-state index contributed by atoms with van der Waals surface area (Å²) >= 11 is 0. The summed E-state index contributed by atoms with van der Waals surface area (Å²) in [5.74, 6) is 0. The highest BCUT2D eigenvalue weighted by atomic mass is 19.4. The number of nitrogens with zero attached hydrogens (tertiary/aromatic N) is 3. The Kier molecular flexibility index (Phi) is 3.00. The lowest BCUT2D eigenvalue weighted by atomic mass is 10.0. The van der Waals surface area contributed by atoms with Crippen LogP contribution < -0.4 is 0 Å². The first-order valence-corrected chi connectivity index (χ1v) is 6.06. The molecule has 0 aromatic carbocycles. The molecule has 3 rings (SSSR count). The Morgan fingerprint density at radius 2 is 1.80 bits per heavy atom. The number of hydrogen-bond donors (Lipinski definition) is 0. The van der Waals surface area contributed by atoms with Crippen LogP contribution in [-0.4, -0.2) is 22.7 Å². The normalized spacial score (nSPS) is 14.2. The summed E-state index contributed by atoms with van der Waals surface area (Å²) in [5, 5.41) is 0. The highest BCUT2D eigenvalue weighted by Gasteiger charge is 2.32. The molecule has 2 aromatic heterocycles. The SMILES string of the molecule is FC(F)(F)c1ccc(-c2cnc3c(c2)C=NCC3)cn1. The minimum Gasteiger partial charge on any atom is -0.292 e. The van der Waals surface area contributed by atoms with Gasteiger partial charge >= 0.3 is 6.18 Å². The molecule has 0 saturated heterocycles. The molecule has 0 fully saturated rings. The average Bonchev–Trinajstić information content (AvgIpc) is 2.46. The summed E-state index contributed by atoms with van der Waals surface area (Å²) in [4.78, 5) is 11.9. The molecule has 20 heavy (non-hydrogen) atoms. The van der Waals surface area contributed by atoms with Crippen LogP contribution in [0.15, 0.2) is 35.6 Å². The summed E-state index contributed by atoms with van der Waals surface area (Å²) < 4.78 is 37.4. The number of halogens is 3. The van der Waals surface area contributed by atoms with E-state index in [1.807, 2.05) is 6.07 Å². The van der Waals surface area contributed by atoms with E-state index in [9.17, 15) is 13.2 Å². The van der Waals surface area contributed by atoms with Crippen LogP contribution in [0.5, 0.6) is 0 Å². The smallest absolute Gasteiger partial charge is 0.292 e. The molecule has 0 saturated carbocycles. The van der Waals surface area contributed by atoms with E-state index in [1.165, 1.54) is 12.3 Å². The van der Waals surface area contributed by atoms with Crippen molar-refractivity contribution in [3.05, 3.63) is 47.5 Å². The Bertz CT molecular complexity index is 660. The Morgan fingerprint density at radius 1 is 1.00 bits per heavy atom. The van der Waals surface area contributed by atoms with Crippen LogP contribution in [0.25, 0.3) is 11.1 Å². The van der Waals surface area contributed by atoms with E-state index in [-0.39, 0.29) is 0 Å². The zero-order valence-electron chi connectivity index (χ0n) is 10.4. The van der Waals surface area contributed by atoms with Gasteiger partial charge in [0, 0.05) is 48.3 Å². The Morgan fingerprint density at radius 3 is 2.50 bits per heavy atom. The van der Waals surface area contributed by atoms with Gasteiger partial charge in [0.1, 0.15) is 5.69 Å². The van der Waals surface area contributed by atoms with Gasteiger partial charge in [0.05, 0.1) is 5.69 Å². The van der Waals surface area contributed by atoms with Crippen LogP contribution in [0, 0.1) is 0 Å². The van der Waals surface area contributed by atoms with Crippen LogP contribution >= 0.6 is 0 Å². The van der Waals surface area contributed by atoms with E-state index in [0.717, 1.165) is 35.9 Å². The summed E-state index contributed by atoms with van der Waals surface area (Å²) in [5.41, 5.74) is 2.32. The number of pyridine rings is 2. The topological polar surface area (TPSA) is 38.1 Å². The molecule has 0 atom stereocenters. The molecule has 0 spiro atoms. The molecule has 3 heterocycles. The van der Waals surface area contributed by atoms with Crippen molar-refractivity contribution in [3.63, 3.8) is 0 Å². The lowest BCUT2D eigenvalue weighted by molar-refractivity contribution is -0.141. The third-order valence-corrected chi connectivity index (χ3v) is 3.10. The van der Waals surface area contributed by atoms with E-state index >= 15 is 0 Å². The molecule has 0 N–H and O–H groups in total. The lowest BCUT2D eigenvalue weighted by Crippen LogP contribution is -2.07. The number of alkyl halides is 3. The molecule has 3 nitrogen and oxygen atoms in total. The zero-order valence-corrected chi connectivity index (χ0v) is 10.4. The molecule has 6 heteroatoms.